The van der Waals surface area contributed by atoms with Crippen molar-refractivity contribution in [3.05, 3.63) is 36.4 Å². The van der Waals surface area contributed by atoms with Crippen LogP contribution in [-0.2, 0) is 0 Å². The van der Waals surface area contributed by atoms with Crippen LogP contribution in [0.25, 0.3) is 0 Å². The Kier molecular flexibility index (Phi) is 5.26. The maximum Gasteiger partial charge on any atom is 0.255 e. The van der Waals surface area contributed by atoms with Crippen molar-refractivity contribution in [2.75, 3.05) is 20.3 Å². The molecule has 0 unspecified atom stereocenters. The lowest BCUT2D eigenvalue weighted by Gasteiger charge is -2.11. The number of nitriles is 1. The third-order valence-corrected chi connectivity index (χ3v) is 2.12. The van der Waals surface area contributed by atoms with Gasteiger partial charge >= 0.3 is 0 Å². The van der Waals surface area contributed by atoms with Gasteiger partial charge in [-0.05, 0) is 12.1 Å². The predicted molar refractivity (Wildman–Crippen MR) is 66.6 cm³/mol. The van der Waals surface area contributed by atoms with Gasteiger partial charge in [0.2, 0.25) is 0 Å². The molecular weight excluding hydrogens is 232 g/mol. The van der Waals surface area contributed by atoms with Crippen LogP contribution in [0.1, 0.15) is 10.4 Å². The fraction of sp³-hybridized carbons (Fsp3) is 0.231. The summed E-state index contributed by atoms with van der Waals surface area (Å²) in [5.74, 6) is 0.619. The molecule has 1 amide bonds. The molecule has 1 aromatic rings. The number of hydrogen-bond donors (Lipinski definition) is 1. The minimum atomic E-state index is -0.363. The van der Waals surface area contributed by atoms with Gasteiger partial charge < -0.3 is 14.8 Å². The van der Waals surface area contributed by atoms with E-state index in [1.807, 2.05) is 6.07 Å². The van der Waals surface area contributed by atoms with Crippen LogP contribution in [0, 0.1) is 11.3 Å². The van der Waals surface area contributed by atoms with Gasteiger partial charge in [0.15, 0.2) is 0 Å². The zero-order valence-corrected chi connectivity index (χ0v) is 10.1. The zero-order chi connectivity index (χ0) is 13.4. The molecule has 94 valence electrons. The minimum absolute atomic E-state index is 0.0498. The summed E-state index contributed by atoms with van der Waals surface area (Å²) in [7, 11) is 1.53. The molecule has 5 nitrogen and oxygen atoms in total. The monoisotopic (exact) mass is 246 g/mol. The lowest BCUT2D eigenvalue weighted by atomic mass is 10.1. The maximum absolute atomic E-state index is 11.8. The van der Waals surface area contributed by atoms with Crippen LogP contribution < -0.4 is 14.8 Å². The number of rotatable bonds is 6. The van der Waals surface area contributed by atoms with Crippen LogP contribution in [0.15, 0.2) is 30.9 Å². The van der Waals surface area contributed by atoms with Gasteiger partial charge in [0.1, 0.15) is 24.7 Å². The molecule has 0 atom stereocenters. The Hall–Kier alpha value is -2.48. The highest BCUT2D eigenvalue weighted by molar-refractivity contribution is 5.97. The highest BCUT2D eigenvalue weighted by Gasteiger charge is 2.13. The number of amides is 1. The van der Waals surface area contributed by atoms with Crippen molar-refractivity contribution in [3.63, 3.8) is 0 Å². The molecule has 0 aliphatic carbocycles. The van der Waals surface area contributed by atoms with E-state index in [9.17, 15) is 4.79 Å². The lowest BCUT2D eigenvalue weighted by molar-refractivity contribution is 0.0955. The molecule has 0 aliphatic rings. The second-order valence-corrected chi connectivity index (χ2v) is 3.30. The van der Waals surface area contributed by atoms with Crippen LogP contribution in [0.4, 0.5) is 0 Å². The molecular formula is C13H14N2O3. The number of methoxy groups -OCH3 is 1. The molecule has 1 N–H and O–H groups in total. The van der Waals surface area contributed by atoms with Crippen LogP contribution in [0.5, 0.6) is 11.5 Å². The van der Waals surface area contributed by atoms with E-state index in [1.165, 1.54) is 7.11 Å². The van der Waals surface area contributed by atoms with Gasteiger partial charge in [-0.15, -0.1) is 0 Å². The van der Waals surface area contributed by atoms with Crippen LogP contribution in [-0.4, -0.2) is 26.2 Å². The molecule has 5 heteroatoms. The van der Waals surface area contributed by atoms with Gasteiger partial charge in [-0.2, -0.15) is 5.26 Å². The Balaban J connectivity index is 2.97. The number of ether oxygens (including phenoxy) is 2. The standard InChI is InChI=1S/C13H14N2O3/c1-3-8-18-12-9-10(17-2)4-5-11(12)13(16)15-7-6-14/h3-5,9H,1,7-8H2,2H3,(H,15,16). The molecule has 1 aromatic carbocycles. The number of carbonyl (C=O) groups excluding carboxylic acids is 1. The van der Waals surface area contributed by atoms with E-state index in [0.717, 1.165) is 0 Å². The highest BCUT2D eigenvalue weighted by Crippen LogP contribution is 2.24. The van der Waals surface area contributed by atoms with Gasteiger partial charge in [0, 0.05) is 6.07 Å². The Labute approximate surface area is 106 Å². The Morgan fingerprint density at radius 1 is 1.61 bits per heavy atom. The number of benzene rings is 1. The fourth-order valence-corrected chi connectivity index (χ4v) is 1.30. The Morgan fingerprint density at radius 2 is 2.39 bits per heavy atom. The summed E-state index contributed by atoms with van der Waals surface area (Å²) in [5.41, 5.74) is 0.355. The van der Waals surface area contributed by atoms with Crippen LogP contribution in [0.2, 0.25) is 0 Å². The summed E-state index contributed by atoms with van der Waals surface area (Å²) in [4.78, 5) is 11.8. The summed E-state index contributed by atoms with van der Waals surface area (Å²) in [6, 6.07) is 6.70. The first-order valence-corrected chi connectivity index (χ1v) is 5.29. The summed E-state index contributed by atoms with van der Waals surface area (Å²) < 4.78 is 10.4. The molecule has 0 heterocycles. The van der Waals surface area contributed by atoms with Crippen molar-refractivity contribution >= 4 is 5.91 Å². The van der Waals surface area contributed by atoms with E-state index >= 15 is 0 Å². The van der Waals surface area contributed by atoms with Gasteiger partial charge in [-0.25, -0.2) is 0 Å². The SMILES string of the molecule is C=CCOc1cc(OC)ccc1C(=O)NCC#N. The van der Waals surface area contributed by atoms with Crippen LogP contribution >= 0.6 is 0 Å². The van der Waals surface area contributed by atoms with Crippen molar-refractivity contribution in [2.24, 2.45) is 0 Å². The first-order valence-electron chi connectivity index (χ1n) is 5.29. The third kappa shape index (κ3) is 3.52. The first-order chi connectivity index (χ1) is 8.72. The fourth-order valence-electron chi connectivity index (χ4n) is 1.30. The smallest absolute Gasteiger partial charge is 0.255 e. The summed E-state index contributed by atoms with van der Waals surface area (Å²) in [6.07, 6.45) is 1.58. The topological polar surface area (TPSA) is 71.3 Å². The summed E-state index contributed by atoms with van der Waals surface area (Å²) in [6.45, 7) is 3.78. The molecule has 0 aliphatic heterocycles. The van der Waals surface area contributed by atoms with E-state index in [4.69, 9.17) is 14.7 Å². The van der Waals surface area contributed by atoms with E-state index in [0.29, 0.717) is 17.1 Å². The third-order valence-electron chi connectivity index (χ3n) is 2.12. The van der Waals surface area contributed by atoms with E-state index in [2.05, 4.69) is 11.9 Å². The quantitative estimate of drug-likeness (QED) is 0.610. The molecule has 0 bridgehead atoms. The molecule has 0 aromatic heterocycles. The van der Waals surface area contributed by atoms with Gasteiger partial charge in [0.05, 0.1) is 18.7 Å². The van der Waals surface area contributed by atoms with Crippen molar-refractivity contribution < 1.29 is 14.3 Å². The largest absolute Gasteiger partial charge is 0.497 e. The average Bonchev–Trinajstić information content (AvgIpc) is 2.42. The van der Waals surface area contributed by atoms with Gasteiger partial charge in [-0.1, -0.05) is 12.7 Å². The normalized spacial score (nSPS) is 9.11. The average molecular weight is 246 g/mol. The van der Waals surface area contributed by atoms with Gasteiger partial charge in [0.25, 0.3) is 5.91 Å². The van der Waals surface area contributed by atoms with E-state index in [1.54, 1.807) is 24.3 Å². The lowest BCUT2D eigenvalue weighted by Crippen LogP contribution is -2.24. The summed E-state index contributed by atoms with van der Waals surface area (Å²) in [5, 5.41) is 10.9. The zero-order valence-electron chi connectivity index (χ0n) is 10.1. The van der Waals surface area contributed by atoms with E-state index in [-0.39, 0.29) is 19.1 Å². The molecule has 0 saturated carbocycles. The van der Waals surface area contributed by atoms with Crippen LogP contribution in [0.3, 0.4) is 0 Å². The molecule has 18 heavy (non-hydrogen) atoms. The second-order valence-electron chi connectivity index (χ2n) is 3.30. The molecule has 0 spiro atoms. The number of nitrogens with one attached hydrogen (secondary N) is 1. The van der Waals surface area contributed by atoms with Gasteiger partial charge in [-0.3, -0.25) is 4.79 Å². The Bertz CT molecular complexity index is 478. The molecule has 1 rings (SSSR count). The van der Waals surface area contributed by atoms with Crippen molar-refractivity contribution in [1.29, 1.82) is 5.26 Å². The number of hydrogen-bond acceptors (Lipinski definition) is 4. The maximum atomic E-state index is 11.8. The molecule has 0 saturated heterocycles. The van der Waals surface area contributed by atoms with Crippen molar-refractivity contribution in [3.8, 4) is 17.6 Å². The molecule has 0 fully saturated rings. The molecule has 0 radical (unpaired) electrons. The Morgan fingerprint density at radius 3 is 3.00 bits per heavy atom. The predicted octanol–water partition coefficient (Wildman–Crippen LogP) is 1.51. The number of carbonyl (C=O) groups is 1. The van der Waals surface area contributed by atoms with Crippen molar-refractivity contribution in [1.82, 2.24) is 5.32 Å². The van der Waals surface area contributed by atoms with Crippen molar-refractivity contribution in [2.45, 2.75) is 0 Å². The minimum Gasteiger partial charge on any atom is -0.497 e. The first kappa shape index (κ1) is 13.6. The summed E-state index contributed by atoms with van der Waals surface area (Å²) >= 11 is 0. The number of nitrogens with zero attached hydrogens (tertiary/aromatic N) is 1. The second kappa shape index (κ2) is 6.97. The van der Waals surface area contributed by atoms with E-state index < -0.39 is 0 Å². The highest BCUT2D eigenvalue weighted by atomic mass is 16.5.